The van der Waals surface area contributed by atoms with E-state index >= 15 is 0 Å². The highest BCUT2D eigenvalue weighted by atomic mass is 32.1. The standard InChI is InChI=1S/C23H21N5O2S/c29-19(25-23(12-13-23)15-7-2-1-3-8-15)18-11-6-14-27(18)22-26-28-20(30)16-9-4-5-10-17(16)24-21(28)31-22/h1-5,7-10,18H,6,11-14H2,(H,25,29)/t18-/m1/s1. The number of para-hydroxylation sites is 1. The Balaban J connectivity index is 1.31. The molecule has 1 atom stereocenters. The van der Waals surface area contributed by atoms with Gasteiger partial charge in [0.2, 0.25) is 16.0 Å². The zero-order valence-corrected chi connectivity index (χ0v) is 17.6. The average Bonchev–Trinajstić information content (AvgIpc) is 3.22. The average molecular weight is 432 g/mol. The molecular weight excluding hydrogens is 410 g/mol. The SMILES string of the molecule is O=C(NC1(c2ccccc2)CC1)[C@H]1CCCN1c1nn2c(=O)c3ccccc3nc2s1. The van der Waals surface area contributed by atoms with Crippen LogP contribution in [-0.2, 0) is 10.3 Å². The van der Waals surface area contributed by atoms with E-state index in [0.717, 1.165) is 37.8 Å². The number of rotatable bonds is 4. The second kappa shape index (κ2) is 6.88. The molecule has 2 aromatic carbocycles. The second-order valence-electron chi connectivity index (χ2n) is 8.30. The summed E-state index contributed by atoms with van der Waals surface area (Å²) in [6.07, 6.45) is 3.61. The Hall–Kier alpha value is -3.26. The van der Waals surface area contributed by atoms with Crippen LogP contribution in [0.3, 0.4) is 0 Å². The van der Waals surface area contributed by atoms with E-state index in [9.17, 15) is 9.59 Å². The van der Waals surface area contributed by atoms with Crippen LogP contribution in [0.15, 0.2) is 59.4 Å². The number of carbonyl (C=O) groups is 1. The van der Waals surface area contributed by atoms with Crippen molar-refractivity contribution in [2.24, 2.45) is 0 Å². The predicted molar refractivity (Wildman–Crippen MR) is 121 cm³/mol. The number of nitrogens with one attached hydrogen (secondary N) is 1. The van der Waals surface area contributed by atoms with Crippen LogP contribution < -0.4 is 15.8 Å². The van der Waals surface area contributed by atoms with Crippen molar-refractivity contribution >= 4 is 38.2 Å². The van der Waals surface area contributed by atoms with Gasteiger partial charge in [-0.1, -0.05) is 53.8 Å². The van der Waals surface area contributed by atoms with Crippen molar-refractivity contribution < 1.29 is 4.79 Å². The first-order valence-corrected chi connectivity index (χ1v) is 11.4. The molecule has 31 heavy (non-hydrogen) atoms. The van der Waals surface area contributed by atoms with Gasteiger partial charge in [0.1, 0.15) is 6.04 Å². The number of anilines is 1. The van der Waals surface area contributed by atoms with Crippen molar-refractivity contribution in [1.29, 1.82) is 0 Å². The number of hydrogen-bond donors (Lipinski definition) is 1. The van der Waals surface area contributed by atoms with Gasteiger partial charge in [0.25, 0.3) is 5.56 Å². The Bertz CT molecular complexity index is 1360. The van der Waals surface area contributed by atoms with Crippen LogP contribution in [0.4, 0.5) is 5.13 Å². The molecule has 2 aliphatic rings. The van der Waals surface area contributed by atoms with E-state index in [4.69, 9.17) is 0 Å². The summed E-state index contributed by atoms with van der Waals surface area (Å²) in [4.78, 5) is 33.3. The Morgan fingerprint density at radius 1 is 1.10 bits per heavy atom. The van der Waals surface area contributed by atoms with Crippen LogP contribution >= 0.6 is 11.3 Å². The lowest BCUT2D eigenvalue weighted by molar-refractivity contribution is -0.123. The Labute approximate surface area is 182 Å². The molecule has 1 aliphatic heterocycles. The summed E-state index contributed by atoms with van der Waals surface area (Å²) < 4.78 is 1.36. The molecule has 2 fully saturated rings. The summed E-state index contributed by atoms with van der Waals surface area (Å²) >= 11 is 1.36. The van der Waals surface area contributed by atoms with E-state index in [1.165, 1.54) is 15.9 Å². The summed E-state index contributed by atoms with van der Waals surface area (Å²) in [7, 11) is 0. The summed E-state index contributed by atoms with van der Waals surface area (Å²) in [5, 5.41) is 9.08. The molecule has 8 heteroatoms. The number of benzene rings is 2. The molecule has 0 bridgehead atoms. The molecule has 0 unspecified atom stereocenters. The maximum atomic E-state index is 13.3. The largest absolute Gasteiger partial charge is 0.345 e. The van der Waals surface area contributed by atoms with Crippen LogP contribution in [0.25, 0.3) is 15.9 Å². The van der Waals surface area contributed by atoms with Crippen molar-refractivity contribution in [3.63, 3.8) is 0 Å². The van der Waals surface area contributed by atoms with E-state index in [0.29, 0.717) is 21.0 Å². The normalized spacial score (nSPS) is 19.7. The fraction of sp³-hybridized carbons (Fsp3) is 0.304. The van der Waals surface area contributed by atoms with Crippen molar-refractivity contribution in [2.45, 2.75) is 37.3 Å². The lowest BCUT2D eigenvalue weighted by Gasteiger charge is -2.26. The third-order valence-corrected chi connectivity index (χ3v) is 7.28. The Morgan fingerprint density at radius 2 is 1.87 bits per heavy atom. The number of amides is 1. The first-order chi connectivity index (χ1) is 15.1. The Morgan fingerprint density at radius 3 is 2.68 bits per heavy atom. The lowest BCUT2D eigenvalue weighted by Crippen LogP contribution is -2.47. The van der Waals surface area contributed by atoms with Gasteiger partial charge in [0.15, 0.2) is 0 Å². The highest BCUT2D eigenvalue weighted by molar-refractivity contribution is 7.20. The van der Waals surface area contributed by atoms with Crippen LogP contribution in [-0.4, -0.2) is 33.1 Å². The van der Waals surface area contributed by atoms with Gasteiger partial charge >= 0.3 is 0 Å². The molecule has 1 saturated carbocycles. The zero-order chi connectivity index (χ0) is 21.0. The predicted octanol–water partition coefficient (Wildman–Crippen LogP) is 3.08. The minimum atomic E-state index is -0.285. The fourth-order valence-electron chi connectivity index (χ4n) is 4.52. The van der Waals surface area contributed by atoms with E-state index in [1.54, 1.807) is 6.07 Å². The number of fused-ring (bicyclic) bond motifs is 2. The topological polar surface area (TPSA) is 79.6 Å². The molecule has 1 amide bonds. The molecule has 3 heterocycles. The third kappa shape index (κ3) is 3.01. The molecule has 0 radical (unpaired) electrons. The molecule has 7 nitrogen and oxygen atoms in total. The maximum absolute atomic E-state index is 13.3. The van der Waals surface area contributed by atoms with Gasteiger partial charge in [-0.25, -0.2) is 4.98 Å². The molecule has 156 valence electrons. The van der Waals surface area contributed by atoms with Crippen molar-refractivity contribution in [1.82, 2.24) is 19.9 Å². The van der Waals surface area contributed by atoms with Gasteiger partial charge < -0.3 is 10.2 Å². The minimum Gasteiger partial charge on any atom is -0.345 e. The summed E-state index contributed by atoms with van der Waals surface area (Å²) in [6.45, 7) is 0.741. The molecule has 4 aromatic rings. The molecule has 1 aliphatic carbocycles. The van der Waals surface area contributed by atoms with Crippen LogP contribution in [0.2, 0.25) is 0 Å². The van der Waals surface area contributed by atoms with Gasteiger partial charge in [0, 0.05) is 6.54 Å². The fourth-order valence-corrected chi connectivity index (χ4v) is 5.49. The van der Waals surface area contributed by atoms with Crippen molar-refractivity contribution in [2.75, 3.05) is 11.4 Å². The van der Waals surface area contributed by atoms with Gasteiger partial charge in [-0.2, -0.15) is 4.52 Å². The van der Waals surface area contributed by atoms with Crippen molar-refractivity contribution in [3.8, 4) is 0 Å². The zero-order valence-electron chi connectivity index (χ0n) is 16.8. The highest BCUT2D eigenvalue weighted by Gasteiger charge is 2.47. The van der Waals surface area contributed by atoms with E-state index < -0.39 is 0 Å². The smallest absolute Gasteiger partial charge is 0.283 e. The summed E-state index contributed by atoms with van der Waals surface area (Å²) in [5.41, 5.74) is 1.41. The highest BCUT2D eigenvalue weighted by Crippen LogP contribution is 2.45. The van der Waals surface area contributed by atoms with Gasteiger partial charge in [-0.05, 0) is 43.4 Å². The van der Waals surface area contributed by atoms with Crippen molar-refractivity contribution in [3.05, 3.63) is 70.5 Å². The quantitative estimate of drug-likeness (QED) is 0.537. The first kappa shape index (κ1) is 18.5. The van der Waals surface area contributed by atoms with E-state index in [-0.39, 0.29) is 23.0 Å². The number of nitrogens with zero attached hydrogens (tertiary/aromatic N) is 4. The number of hydrogen-bond acceptors (Lipinski definition) is 6. The number of aromatic nitrogens is 3. The van der Waals surface area contributed by atoms with Crippen LogP contribution in [0, 0.1) is 0 Å². The van der Waals surface area contributed by atoms with Gasteiger partial charge in [-0.3, -0.25) is 9.59 Å². The van der Waals surface area contributed by atoms with Crippen LogP contribution in [0.1, 0.15) is 31.2 Å². The minimum absolute atomic E-state index is 0.0311. The van der Waals surface area contributed by atoms with Gasteiger partial charge in [-0.15, -0.1) is 5.10 Å². The molecule has 1 saturated heterocycles. The van der Waals surface area contributed by atoms with Gasteiger partial charge in [0.05, 0.1) is 16.4 Å². The molecule has 0 spiro atoms. The lowest BCUT2D eigenvalue weighted by atomic mass is 10.0. The number of carbonyl (C=O) groups excluding carboxylic acids is 1. The first-order valence-electron chi connectivity index (χ1n) is 10.6. The molecular formula is C23H21N5O2S. The summed E-state index contributed by atoms with van der Waals surface area (Å²) in [6, 6.07) is 17.2. The second-order valence-corrected chi connectivity index (χ2v) is 9.24. The maximum Gasteiger partial charge on any atom is 0.283 e. The summed E-state index contributed by atoms with van der Waals surface area (Å²) in [5.74, 6) is 0.0311. The monoisotopic (exact) mass is 431 g/mol. The van der Waals surface area contributed by atoms with E-state index in [1.807, 2.05) is 41.3 Å². The van der Waals surface area contributed by atoms with E-state index in [2.05, 4.69) is 27.5 Å². The molecule has 1 N–H and O–H groups in total. The Kier molecular flexibility index (Phi) is 4.11. The molecule has 2 aromatic heterocycles. The van der Waals surface area contributed by atoms with Crippen LogP contribution in [0.5, 0.6) is 0 Å². The third-order valence-electron chi connectivity index (χ3n) is 6.33. The molecule has 6 rings (SSSR count).